The Morgan fingerprint density at radius 3 is 2.82 bits per heavy atom. The van der Waals surface area contributed by atoms with Gasteiger partial charge < -0.3 is 14.6 Å². The molecule has 1 N–H and O–H groups in total. The fraction of sp³-hybridized carbons (Fsp3) is 0.471. The zero-order chi connectivity index (χ0) is 19.6. The van der Waals surface area contributed by atoms with Crippen LogP contribution >= 0.6 is 11.8 Å². The molecule has 0 radical (unpaired) electrons. The molecule has 11 heteroatoms. The van der Waals surface area contributed by atoms with Crippen LogP contribution < -0.4 is 5.32 Å². The monoisotopic (exact) mass is 423 g/mol. The van der Waals surface area contributed by atoms with Crippen LogP contribution in [0.3, 0.4) is 0 Å². The number of rotatable bonds is 7. The number of thioether (sulfide) groups is 1. The number of anilines is 1. The molecule has 150 valence electrons. The highest BCUT2D eigenvalue weighted by Crippen LogP contribution is 2.37. The number of hydrogen-bond acceptors (Lipinski definition) is 7. The molecule has 2 aromatic rings. The quantitative estimate of drug-likeness (QED) is 0.670. The van der Waals surface area contributed by atoms with Gasteiger partial charge in [0.2, 0.25) is 15.9 Å². The normalized spacial score (nSPS) is 18.1. The van der Waals surface area contributed by atoms with E-state index in [1.54, 1.807) is 18.5 Å². The first-order valence-corrected chi connectivity index (χ1v) is 11.5. The minimum Gasteiger partial charge on any atom is -0.379 e. The summed E-state index contributed by atoms with van der Waals surface area (Å²) in [5.41, 5.74) is 0.448. The zero-order valence-electron chi connectivity index (χ0n) is 15.2. The van der Waals surface area contributed by atoms with Gasteiger partial charge in [-0.2, -0.15) is 4.31 Å². The maximum absolute atomic E-state index is 12.7. The smallest absolute Gasteiger partial charge is 0.243 e. The van der Waals surface area contributed by atoms with Gasteiger partial charge in [0.05, 0.1) is 23.9 Å². The lowest BCUT2D eigenvalue weighted by Gasteiger charge is -2.26. The average Bonchev–Trinajstić information content (AvgIpc) is 3.45. The van der Waals surface area contributed by atoms with E-state index < -0.39 is 10.0 Å². The maximum atomic E-state index is 12.7. The molecule has 2 heterocycles. The Hall–Kier alpha value is -1.95. The van der Waals surface area contributed by atoms with Crippen LogP contribution in [0.2, 0.25) is 0 Å². The number of carbonyl (C=O) groups is 1. The van der Waals surface area contributed by atoms with Crippen molar-refractivity contribution in [2.24, 2.45) is 0 Å². The molecule has 2 aliphatic rings. The highest BCUT2D eigenvalue weighted by Gasteiger charge is 2.27. The Morgan fingerprint density at radius 1 is 1.29 bits per heavy atom. The van der Waals surface area contributed by atoms with Crippen molar-refractivity contribution in [3.63, 3.8) is 0 Å². The van der Waals surface area contributed by atoms with Crippen LogP contribution in [0.1, 0.15) is 18.9 Å². The number of nitrogens with zero attached hydrogens (tertiary/aromatic N) is 4. The van der Waals surface area contributed by atoms with E-state index in [2.05, 4.69) is 15.5 Å². The van der Waals surface area contributed by atoms with E-state index in [1.165, 1.54) is 28.2 Å². The van der Waals surface area contributed by atoms with Gasteiger partial charge >= 0.3 is 0 Å². The molecule has 1 amide bonds. The molecule has 1 saturated carbocycles. The lowest BCUT2D eigenvalue weighted by atomic mass is 10.3. The molecule has 1 aliphatic carbocycles. The molecule has 1 aromatic carbocycles. The summed E-state index contributed by atoms with van der Waals surface area (Å²) in [6, 6.07) is 6.77. The van der Waals surface area contributed by atoms with Gasteiger partial charge in [-0.15, -0.1) is 10.2 Å². The van der Waals surface area contributed by atoms with E-state index in [0.29, 0.717) is 38.0 Å². The highest BCUT2D eigenvalue weighted by molar-refractivity contribution is 7.99. The van der Waals surface area contributed by atoms with E-state index in [1.807, 2.05) is 4.57 Å². The molecule has 9 nitrogen and oxygen atoms in total. The predicted octanol–water partition coefficient (Wildman–Crippen LogP) is 1.36. The van der Waals surface area contributed by atoms with Gasteiger partial charge in [-0.1, -0.05) is 17.8 Å². The van der Waals surface area contributed by atoms with Crippen LogP contribution in [0, 0.1) is 0 Å². The minimum atomic E-state index is -3.60. The molecular weight excluding hydrogens is 402 g/mol. The number of benzene rings is 1. The first-order valence-electron chi connectivity index (χ1n) is 9.04. The fourth-order valence-corrected chi connectivity index (χ4v) is 5.17. The zero-order valence-corrected chi connectivity index (χ0v) is 16.8. The molecular formula is C17H21N5O4S2. The molecule has 4 rings (SSSR count). The van der Waals surface area contributed by atoms with Crippen LogP contribution in [0.5, 0.6) is 0 Å². The molecule has 0 spiro atoms. The van der Waals surface area contributed by atoms with Crippen LogP contribution in [0.25, 0.3) is 0 Å². The SMILES string of the molecule is O=C(CSc1nncn1C1CC1)Nc1cccc(S(=O)(=O)N2CCOCC2)c1. The number of morpholine rings is 1. The second kappa shape index (κ2) is 8.19. The summed E-state index contributed by atoms with van der Waals surface area (Å²) in [7, 11) is -3.60. The molecule has 1 aromatic heterocycles. The fourth-order valence-electron chi connectivity index (χ4n) is 2.94. The average molecular weight is 424 g/mol. The summed E-state index contributed by atoms with van der Waals surface area (Å²) in [5, 5.41) is 11.4. The molecule has 0 bridgehead atoms. The summed E-state index contributed by atoms with van der Waals surface area (Å²) in [6.07, 6.45) is 3.92. The summed E-state index contributed by atoms with van der Waals surface area (Å²) < 4.78 is 34.1. The number of nitrogens with one attached hydrogen (secondary N) is 1. The van der Waals surface area contributed by atoms with Crippen LogP contribution in [-0.4, -0.2) is 65.5 Å². The highest BCUT2D eigenvalue weighted by atomic mass is 32.2. The van der Waals surface area contributed by atoms with E-state index in [4.69, 9.17) is 4.74 Å². The molecule has 1 aliphatic heterocycles. The van der Waals surface area contributed by atoms with Gasteiger partial charge in [-0.05, 0) is 31.0 Å². The van der Waals surface area contributed by atoms with E-state index in [0.717, 1.165) is 18.0 Å². The van der Waals surface area contributed by atoms with Crippen LogP contribution in [0.4, 0.5) is 5.69 Å². The van der Waals surface area contributed by atoms with Crippen molar-refractivity contribution in [1.82, 2.24) is 19.1 Å². The number of carbonyl (C=O) groups excluding carboxylic acids is 1. The van der Waals surface area contributed by atoms with Crippen molar-refractivity contribution in [2.45, 2.75) is 28.9 Å². The second-order valence-electron chi connectivity index (χ2n) is 6.63. The van der Waals surface area contributed by atoms with E-state index >= 15 is 0 Å². The van der Waals surface area contributed by atoms with E-state index in [-0.39, 0.29) is 16.6 Å². The summed E-state index contributed by atoms with van der Waals surface area (Å²) in [5.74, 6) is -0.0532. The van der Waals surface area contributed by atoms with Gasteiger partial charge in [0, 0.05) is 24.8 Å². The second-order valence-corrected chi connectivity index (χ2v) is 9.51. The first kappa shape index (κ1) is 19.4. The molecule has 0 atom stereocenters. The van der Waals surface area contributed by atoms with Gasteiger partial charge in [0.15, 0.2) is 5.16 Å². The number of aromatic nitrogens is 3. The van der Waals surface area contributed by atoms with Crippen molar-refractivity contribution in [1.29, 1.82) is 0 Å². The minimum absolute atomic E-state index is 0.160. The number of sulfonamides is 1. The van der Waals surface area contributed by atoms with Gasteiger partial charge in [-0.25, -0.2) is 8.42 Å². The Labute approximate surface area is 167 Å². The third-order valence-electron chi connectivity index (χ3n) is 4.54. The molecule has 0 unspecified atom stereocenters. The molecule has 28 heavy (non-hydrogen) atoms. The predicted molar refractivity (Wildman–Crippen MR) is 104 cm³/mol. The Bertz CT molecular complexity index is 952. The first-order chi connectivity index (χ1) is 13.5. The Morgan fingerprint density at radius 2 is 2.07 bits per heavy atom. The molecule has 1 saturated heterocycles. The van der Waals surface area contributed by atoms with Gasteiger partial charge in [0.25, 0.3) is 0 Å². The number of ether oxygens (including phenoxy) is 1. The van der Waals surface area contributed by atoms with Crippen molar-refractivity contribution >= 4 is 33.4 Å². The number of hydrogen-bond donors (Lipinski definition) is 1. The third kappa shape index (κ3) is 4.37. The Balaban J connectivity index is 1.38. The maximum Gasteiger partial charge on any atom is 0.243 e. The lowest BCUT2D eigenvalue weighted by Crippen LogP contribution is -2.40. The van der Waals surface area contributed by atoms with Gasteiger partial charge in [-0.3, -0.25) is 4.79 Å². The standard InChI is InChI=1S/C17H21N5O4S2/c23-16(11-27-17-20-18-12-22(17)14-4-5-14)19-13-2-1-3-15(10-13)28(24,25)21-6-8-26-9-7-21/h1-3,10,12,14H,4-9,11H2,(H,19,23). The topological polar surface area (TPSA) is 106 Å². The lowest BCUT2D eigenvalue weighted by molar-refractivity contribution is -0.113. The van der Waals surface area contributed by atoms with Crippen LogP contribution in [-0.2, 0) is 19.6 Å². The van der Waals surface area contributed by atoms with Crippen molar-refractivity contribution in [2.75, 3.05) is 37.4 Å². The van der Waals surface area contributed by atoms with Crippen molar-refractivity contribution < 1.29 is 17.9 Å². The summed E-state index contributed by atoms with van der Waals surface area (Å²) in [4.78, 5) is 12.5. The summed E-state index contributed by atoms with van der Waals surface area (Å²) >= 11 is 1.32. The van der Waals surface area contributed by atoms with Crippen LogP contribution in [0.15, 0.2) is 40.6 Å². The number of amides is 1. The van der Waals surface area contributed by atoms with E-state index in [9.17, 15) is 13.2 Å². The van der Waals surface area contributed by atoms with Crippen molar-refractivity contribution in [3.8, 4) is 0 Å². The Kier molecular flexibility index (Phi) is 5.67. The largest absolute Gasteiger partial charge is 0.379 e. The molecule has 2 fully saturated rings. The van der Waals surface area contributed by atoms with Gasteiger partial charge in [0.1, 0.15) is 6.33 Å². The summed E-state index contributed by atoms with van der Waals surface area (Å²) in [6.45, 7) is 1.44. The van der Waals surface area contributed by atoms with Crippen molar-refractivity contribution in [3.05, 3.63) is 30.6 Å². The third-order valence-corrected chi connectivity index (χ3v) is 7.39.